The minimum absolute atomic E-state index is 0.252. The monoisotopic (exact) mass is 204 g/mol. The van der Waals surface area contributed by atoms with Crippen LogP contribution in [0.5, 0.6) is 0 Å². The van der Waals surface area contributed by atoms with Crippen LogP contribution in [-0.4, -0.2) is 5.78 Å². The van der Waals surface area contributed by atoms with E-state index in [0.717, 1.165) is 12.0 Å². The maximum absolute atomic E-state index is 11.7. The fourth-order valence-electron chi connectivity index (χ4n) is 1.73. The summed E-state index contributed by atoms with van der Waals surface area (Å²) in [6.45, 7) is 8.37. The number of aryl methyl sites for hydroxylation is 1. The van der Waals surface area contributed by atoms with Gasteiger partial charge in [-0.05, 0) is 23.5 Å². The Morgan fingerprint density at radius 1 is 1.27 bits per heavy atom. The Labute approximate surface area is 92.5 Å². The summed E-state index contributed by atoms with van der Waals surface area (Å²) in [7, 11) is 0. The average Bonchev–Trinajstić information content (AvgIpc) is 2.27. The van der Waals surface area contributed by atoms with Gasteiger partial charge in [0.05, 0.1) is 0 Å². The van der Waals surface area contributed by atoms with Gasteiger partial charge in [0.15, 0.2) is 5.78 Å². The highest BCUT2D eigenvalue weighted by Crippen LogP contribution is 2.20. The molecule has 0 amide bonds. The van der Waals surface area contributed by atoms with E-state index in [9.17, 15) is 4.79 Å². The molecule has 82 valence electrons. The minimum Gasteiger partial charge on any atom is -0.294 e. The third-order valence-electron chi connectivity index (χ3n) is 2.80. The minimum atomic E-state index is 0.252. The molecule has 0 saturated carbocycles. The lowest BCUT2D eigenvalue weighted by Gasteiger charge is -2.11. The van der Waals surface area contributed by atoms with Crippen molar-refractivity contribution in [1.29, 1.82) is 0 Å². The third kappa shape index (κ3) is 2.68. The first-order valence-electron chi connectivity index (χ1n) is 5.76. The summed E-state index contributed by atoms with van der Waals surface area (Å²) in [6, 6.07) is 6.24. The van der Waals surface area contributed by atoms with E-state index in [1.165, 1.54) is 11.1 Å². The summed E-state index contributed by atoms with van der Waals surface area (Å²) in [6.07, 6.45) is 1.52. The topological polar surface area (TPSA) is 17.1 Å². The maximum atomic E-state index is 11.7. The second-order valence-electron chi connectivity index (χ2n) is 4.20. The Bertz CT molecular complexity index is 350. The van der Waals surface area contributed by atoms with Gasteiger partial charge < -0.3 is 0 Å². The molecule has 0 aliphatic rings. The molecule has 0 fully saturated rings. The number of carbonyl (C=O) groups is 1. The van der Waals surface area contributed by atoms with Gasteiger partial charge in [-0.15, -0.1) is 0 Å². The van der Waals surface area contributed by atoms with Crippen LogP contribution in [0.15, 0.2) is 18.2 Å². The van der Waals surface area contributed by atoms with E-state index < -0.39 is 0 Å². The molecule has 1 nitrogen and oxygen atoms in total. The summed E-state index contributed by atoms with van der Waals surface area (Å²) in [5.74, 6) is 0.781. The second kappa shape index (κ2) is 5.11. The third-order valence-corrected chi connectivity index (χ3v) is 2.80. The molecule has 1 heteroatoms. The molecule has 0 N–H and O–H groups in total. The molecule has 0 heterocycles. The van der Waals surface area contributed by atoms with Crippen molar-refractivity contribution in [2.45, 2.75) is 46.5 Å². The highest BCUT2D eigenvalue weighted by molar-refractivity contribution is 5.97. The van der Waals surface area contributed by atoms with Crippen molar-refractivity contribution in [2.24, 2.45) is 0 Å². The molecular formula is C14H20O. The summed E-state index contributed by atoms with van der Waals surface area (Å²) in [5, 5.41) is 0. The van der Waals surface area contributed by atoms with Crippen molar-refractivity contribution in [3.8, 4) is 0 Å². The quantitative estimate of drug-likeness (QED) is 0.678. The fourth-order valence-corrected chi connectivity index (χ4v) is 1.73. The molecule has 0 unspecified atom stereocenters. The molecule has 0 aromatic heterocycles. The van der Waals surface area contributed by atoms with E-state index in [1.54, 1.807) is 0 Å². The molecule has 0 atom stereocenters. The van der Waals surface area contributed by atoms with Crippen LogP contribution < -0.4 is 0 Å². The lowest BCUT2D eigenvalue weighted by molar-refractivity contribution is 0.0987. The summed E-state index contributed by atoms with van der Waals surface area (Å²) >= 11 is 0. The number of rotatable bonds is 4. The number of hydrogen-bond acceptors (Lipinski definition) is 1. The van der Waals surface area contributed by atoms with Gasteiger partial charge in [-0.25, -0.2) is 0 Å². The number of ketones is 1. The molecular weight excluding hydrogens is 184 g/mol. The van der Waals surface area contributed by atoms with Crippen molar-refractivity contribution < 1.29 is 4.79 Å². The predicted octanol–water partition coefficient (Wildman–Crippen LogP) is 3.97. The molecule has 0 radical (unpaired) electrons. The van der Waals surface area contributed by atoms with Gasteiger partial charge in [0, 0.05) is 12.0 Å². The zero-order valence-electron chi connectivity index (χ0n) is 10.1. The molecule has 1 aromatic rings. The van der Waals surface area contributed by atoms with Crippen molar-refractivity contribution >= 4 is 5.78 Å². The van der Waals surface area contributed by atoms with Crippen molar-refractivity contribution in [3.05, 3.63) is 34.9 Å². The fraction of sp³-hybridized carbons (Fsp3) is 0.500. The van der Waals surface area contributed by atoms with Crippen LogP contribution in [0.2, 0.25) is 0 Å². The standard InChI is InChI=1S/C14H20O/c1-5-11-9-12(10(3)4)7-8-13(11)14(15)6-2/h7-10H,5-6H2,1-4H3. The lowest BCUT2D eigenvalue weighted by Crippen LogP contribution is -2.03. The van der Waals surface area contributed by atoms with E-state index in [-0.39, 0.29) is 5.78 Å². The summed E-state index contributed by atoms with van der Waals surface area (Å²) in [4.78, 5) is 11.7. The Kier molecular flexibility index (Phi) is 4.07. The zero-order chi connectivity index (χ0) is 11.4. The molecule has 1 rings (SSSR count). The number of benzene rings is 1. The molecule has 0 aliphatic heterocycles. The van der Waals surface area contributed by atoms with Crippen LogP contribution in [0.1, 0.15) is 61.5 Å². The van der Waals surface area contributed by atoms with Crippen LogP contribution in [0.25, 0.3) is 0 Å². The SMILES string of the molecule is CCC(=O)c1ccc(C(C)C)cc1CC. The molecule has 1 aromatic carbocycles. The Balaban J connectivity index is 3.15. The number of Topliss-reactive ketones (excluding diaryl/α,β-unsaturated/α-hetero) is 1. The van der Waals surface area contributed by atoms with Crippen molar-refractivity contribution in [1.82, 2.24) is 0 Å². The van der Waals surface area contributed by atoms with Crippen molar-refractivity contribution in [3.63, 3.8) is 0 Å². The maximum Gasteiger partial charge on any atom is 0.162 e. The zero-order valence-corrected chi connectivity index (χ0v) is 10.1. The highest BCUT2D eigenvalue weighted by Gasteiger charge is 2.10. The van der Waals surface area contributed by atoms with E-state index >= 15 is 0 Å². The first kappa shape index (κ1) is 12.0. The van der Waals surface area contributed by atoms with Gasteiger partial charge in [-0.1, -0.05) is 45.9 Å². The van der Waals surface area contributed by atoms with Gasteiger partial charge in [0.1, 0.15) is 0 Å². The lowest BCUT2D eigenvalue weighted by atomic mass is 9.94. The molecule has 0 spiro atoms. The number of hydrogen-bond donors (Lipinski definition) is 0. The van der Waals surface area contributed by atoms with Crippen LogP contribution >= 0.6 is 0 Å². The second-order valence-corrected chi connectivity index (χ2v) is 4.20. The van der Waals surface area contributed by atoms with E-state index in [2.05, 4.69) is 32.9 Å². The van der Waals surface area contributed by atoms with Gasteiger partial charge in [-0.2, -0.15) is 0 Å². The molecule has 15 heavy (non-hydrogen) atoms. The Morgan fingerprint density at radius 2 is 1.93 bits per heavy atom. The van der Waals surface area contributed by atoms with Crippen LogP contribution in [0.3, 0.4) is 0 Å². The van der Waals surface area contributed by atoms with E-state index in [0.29, 0.717) is 12.3 Å². The molecule has 0 saturated heterocycles. The van der Waals surface area contributed by atoms with Gasteiger partial charge >= 0.3 is 0 Å². The largest absolute Gasteiger partial charge is 0.294 e. The average molecular weight is 204 g/mol. The van der Waals surface area contributed by atoms with Crippen LogP contribution in [0, 0.1) is 0 Å². The van der Waals surface area contributed by atoms with E-state index in [4.69, 9.17) is 0 Å². The first-order valence-corrected chi connectivity index (χ1v) is 5.76. The van der Waals surface area contributed by atoms with Gasteiger partial charge in [-0.3, -0.25) is 4.79 Å². The highest BCUT2D eigenvalue weighted by atomic mass is 16.1. The van der Waals surface area contributed by atoms with Crippen LogP contribution in [0.4, 0.5) is 0 Å². The molecule has 0 aliphatic carbocycles. The summed E-state index contributed by atoms with van der Waals surface area (Å²) < 4.78 is 0. The number of carbonyl (C=O) groups excluding carboxylic acids is 1. The van der Waals surface area contributed by atoms with Crippen molar-refractivity contribution in [2.75, 3.05) is 0 Å². The van der Waals surface area contributed by atoms with E-state index in [1.807, 2.05) is 13.0 Å². The summed E-state index contributed by atoms with van der Waals surface area (Å²) in [5.41, 5.74) is 3.41. The van der Waals surface area contributed by atoms with Gasteiger partial charge in [0.2, 0.25) is 0 Å². The smallest absolute Gasteiger partial charge is 0.162 e. The predicted molar refractivity (Wildman–Crippen MR) is 64.5 cm³/mol. The normalized spacial score (nSPS) is 10.7. The Hall–Kier alpha value is -1.11. The molecule has 0 bridgehead atoms. The van der Waals surface area contributed by atoms with Gasteiger partial charge in [0.25, 0.3) is 0 Å². The van der Waals surface area contributed by atoms with Crippen LogP contribution in [-0.2, 0) is 6.42 Å². The Morgan fingerprint density at radius 3 is 2.40 bits per heavy atom. The first-order chi connectivity index (χ1) is 7.10.